The van der Waals surface area contributed by atoms with Crippen molar-refractivity contribution >= 4 is 40.2 Å². The number of rotatable bonds is 5. The zero-order chi connectivity index (χ0) is 19.6. The topological polar surface area (TPSA) is 84.2 Å². The number of hydrogen-bond acceptors (Lipinski definition) is 4. The molecule has 0 unspecified atom stereocenters. The molecule has 2 amide bonds. The highest BCUT2D eigenvalue weighted by Gasteiger charge is 2.25. The number of carbonyl (C=O) groups is 2. The number of amides is 2. The lowest BCUT2D eigenvalue weighted by molar-refractivity contribution is -0.118. The first-order chi connectivity index (χ1) is 12.8. The molecule has 2 aromatic carbocycles. The third-order valence-corrected chi connectivity index (χ3v) is 4.36. The van der Waals surface area contributed by atoms with E-state index in [-0.39, 0.29) is 17.7 Å². The summed E-state index contributed by atoms with van der Waals surface area (Å²) in [6.45, 7) is 5.51. The summed E-state index contributed by atoms with van der Waals surface area (Å²) in [5.74, 6) is -0.169. The van der Waals surface area contributed by atoms with Crippen LogP contribution in [-0.2, 0) is 4.79 Å². The number of halogens is 1. The van der Waals surface area contributed by atoms with E-state index in [4.69, 9.17) is 16.0 Å². The Balaban J connectivity index is 1.73. The number of carbonyl (C=O) groups excluding carboxylic acids is 2. The molecule has 140 valence electrons. The maximum absolute atomic E-state index is 12.7. The summed E-state index contributed by atoms with van der Waals surface area (Å²) in [4.78, 5) is 29.4. The van der Waals surface area contributed by atoms with Crippen molar-refractivity contribution in [2.75, 3.05) is 5.32 Å². The van der Waals surface area contributed by atoms with Gasteiger partial charge in [0.2, 0.25) is 5.91 Å². The zero-order valence-electron chi connectivity index (χ0n) is 15.2. The van der Waals surface area contributed by atoms with E-state index in [0.29, 0.717) is 33.3 Å². The second-order valence-corrected chi connectivity index (χ2v) is 7.04. The number of aryl methyl sites for hydroxylation is 1. The van der Waals surface area contributed by atoms with Crippen LogP contribution in [0.1, 0.15) is 30.1 Å². The predicted molar refractivity (Wildman–Crippen MR) is 105 cm³/mol. The average Bonchev–Trinajstić information content (AvgIpc) is 2.99. The van der Waals surface area contributed by atoms with Gasteiger partial charge in [0.05, 0.1) is 0 Å². The molecule has 3 aromatic rings. The monoisotopic (exact) mass is 385 g/mol. The molecule has 3 rings (SSSR count). The molecule has 0 spiro atoms. The van der Waals surface area contributed by atoms with Gasteiger partial charge in [0.15, 0.2) is 11.5 Å². The zero-order valence-corrected chi connectivity index (χ0v) is 16.0. The summed E-state index contributed by atoms with van der Waals surface area (Å²) in [5.41, 5.74) is 2.35. The summed E-state index contributed by atoms with van der Waals surface area (Å²) in [6, 6.07) is 11.0. The third-order valence-electron chi connectivity index (χ3n) is 4.10. The number of oxazole rings is 1. The fourth-order valence-electron chi connectivity index (χ4n) is 2.70. The summed E-state index contributed by atoms with van der Waals surface area (Å²) in [7, 11) is 0. The van der Waals surface area contributed by atoms with Crippen molar-refractivity contribution in [2.24, 2.45) is 5.92 Å². The van der Waals surface area contributed by atoms with E-state index in [1.54, 1.807) is 49.4 Å². The lowest BCUT2D eigenvalue weighted by Crippen LogP contribution is -2.47. The Bertz CT molecular complexity index is 980. The van der Waals surface area contributed by atoms with Gasteiger partial charge in [0, 0.05) is 23.2 Å². The smallest absolute Gasteiger partial charge is 0.251 e. The molecule has 0 saturated carbocycles. The number of hydrogen-bond donors (Lipinski definition) is 2. The van der Waals surface area contributed by atoms with Crippen LogP contribution in [0.15, 0.2) is 46.9 Å². The summed E-state index contributed by atoms with van der Waals surface area (Å²) in [6.07, 6.45) is 0. The first kappa shape index (κ1) is 18.9. The molecule has 1 heterocycles. The highest BCUT2D eigenvalue weighted by atomic mass is 35.5. The Morgan fingerprint density at radius 2 is 1.81 bits per heavy atom. The lowest BCUT2D eigenvalue weighted by atomic mass is 10.0. The van der Waals surface area contributed by atoms with Gasteiger partial charge in [-0.2, -0.15) is 0 Å². The molecule has 0 aliphatic rings. The van der Waals surface area contributed by atoms with E-state index >= 15 is 0 Å². The van der Waals surface area contributed by atoms with Crippen LogP contribution in [0.2, 0.25) is 5.02 Å². The average molecular weight is 386 g/mol. The standard InChI is InChI=1S/C20H20ClN3O3/c1-11(2)18(24-19(25)13-4-6-14(21)7-5-13)20(26)23-15-8-9-17-16(10-15)22-12(3)27-17/h4-11,18H,1-3H3,(H,23,26)(H,24,25)/t18-/m0/s1. The van der Waals surface area contributed by atoms with Gasteiger partial charge in [0.25, 0.3) is 5.91 Å². The van der Waals surface area contributed by atoms with Gasteiger partial charge in [-0.05, 0) is 48.4 Å². The van der Waals surface area contributed by atoms with Crippen molar-refractivity contribution in [1.82, 2.24) is 10.3 Å². The minimum atomic E-state index is -0.692. The number of aromatic nitrogens is 1. The Kier molecular flexibility index (Phi) is 5.46. The molecule has 0 fully saturated rings. The van der Waals surface area contributed by atoms with E-state index in [0.717, 1.165) is 0 Å². The van der Waals surface area contributed by atoms with Crippen LogP contribution >= 0.6 is 11.6 Å². The summed E-state index contributed by atoms with van der Waals surface area (Å²) in [5, 5.41) is 6.16. The van der Waals surface area contributed by atoms with Crippen LogP contribution < -0.4 is 10.6 Å². The highest BCUT2D eigenvalue weighted by Crippen LogP contribution is 2.20. The van der Waals surface area contributed by atoms with Crippen LogP contribution in [0, 0.1) is 12.8 Å². The van der Waals surface area contributed by atoms with Crippen LogP contribution in [0.25, 0.3) is 11.1 Å². The predicted octanol–water partition coefficient (Wildman–Crippen LogP) is 4.18. The molecule has 0 radical (unpaired) electrons. The number of fused-ring (bicyclic) bond motifs is 1. The minimum Gasteiger partial charge on any atom is -0.441 e. The molecular weight excluding hydrogens is 366 g/mol. The molecule has 1 atom stereocenters. The Labute approximate surface area is 161 Å². The normalized spacial score (nSPS) is 12.2. The fraction of sp³-hybridized carbons (Fsp3) is 0.250. The quantitative estimate of drug-likeness (QED) is 0.689. The van der Waals surface area contributed by atoms with Gasteiger partial charge in [-0.1, -0.05) is 25.4 Å². The lowest BCUT2D eigenvalue weighted by Gasteiger charge is -2.21. The fourth-order valence-corrected chi connectivity index (χ4v) is 2.83. The van der Waals surface area contributed by atoms with Crippen LogP contribution in [0.3, 0.4) is 0 Å². The second kappa shape index (κ2) is 7.80. The number of nitrogens with one attached hydrogen (secondary N) is 2. The number of anilines is 1. The molecule has 0 aliphatic heterocycles. The molecule has 27 heavy (non-hydrogen) atoms. The molecule has 7 heteroatoms. The van der Waals surface area contributed by atoms with Crippen molar-refractivity contribution in [1.29, 1.82) is 0 Å². The molecular formula is C20H20ClN3O3. The summed E-state index contributed by atoms with van der Waals surface area (Å²) >= 11 is 5.85. The minimum absolute atomic E-state index is 0.0979. The highest BCUT2D eigenvalue weighted by molar-refractivity contribution is 6.30. The largest absolute Gasteiger partial charge is 0.441 e. The number of benzene rings is 2. The van der Waals surface area contributed by atoms with Crippen molar-refractivity contribution in [3.63, 3.8) is 0 Å². The van der Waals surface area contributed by atoms with Crippen LogP contribution in [0.4, 0.5) is 5.69 Å². The third kappa shape index (κ3) is 4.46. The van der Waals surface area contributed by atoms with E-state index in [1.165, 1.54) is 0 Å². The molecule has 2 N–H and O–H groups in total. The van der Waals surface area contributed by atoms with Crippen molar-refractivity contribution in [3.8, 4) is 0 Å². The van der Waals surface area contributed by atoms with E-state index in [2.05, 4.69) is 15.6 Å². The van der Waals surface area contributed by atoms with E-state index in [9.17, 15) is 9.59 Å². The van der Waals surface area contributed by atoms with Crippen molar-refractivity contribution in [2.45, 2.75) is 26.8 Å². The number of nitrogens with zero attached hydrogens (tertiary/aromatic N) is 1. The first-order valence-corrected chi connectivity index (χ1v) is 8.96. The van der Waals surface area contributed by atoms with Crippen molar-refractivity contribution < 1.29 is 14.0 Å². The maximum atomic E-state index is 12.7. The van der Waals surface area contributed by atoms with E-state index in [1.807, 2.05) is 13.8 Å². The molecule has 0 bridgehead atoms. The Morgan fingerprint density at radius 1 is 1.11 bits per heavy atom. The maximum Gasteiger partial charge on any atom is 0.251 e. The molecule has 6 nitrogen and oxygen atoms in total. The van der Waals surface area contributed by atoms with Crippen LogP contribution in [-0.4, -0.2) is 22.8 Å². The van der Waals surface area contributed by atoms with Crippen molar-refractivity contribution in [3.05, 3.63) is 58.9 Å². The Morgan fingerprint density at radius 3 is 2.48 bits per heavy atom. The van der Waals surface area contributed by atoms with Gasteiger partial charge < -0.3 is 15.1 Å². The van der Waals surface area contributed by atoms with Gasteiger partial charge in [-0.15, -0.1) is 0 Å². The van der Waals surface area contributed by atoms with Gasteiger partial charge in [0.1, 0.15) is 11.6 Å². The van der Waals surface area contributed by atoms with Crippen LogP contribution in [0.5, 0.6) is 0 Å². The SMILES string of the molecule is Cc1nc2cc(NC(=O)[C@@H](NC(=O)c3ccc(Cl)cc3)C(C)C)ccc2o1. The van der Waals surface area contributed by atoms with E-state index < -0.39 is 6.04 Å². The Hall–Kier alpha value is -2.86. The second-order valence-electron chi connectivity index (χ2n) is 6.61. The van der Waals surface area contributed by atoms with Gasteiger partial charge >= 0.3 is 0 Å². The van der Waals surface area contributed by atoms with Gasteiger partial charge in [-0.3, -0.25) is 9.59 Å². The van der Waals surface area contributed by atoms with Gasteiger partial charge in [-0.25, -0.2) is 4.98 Å². The molecule has 0 saturated heterocycles. The first-order valence-electron chi connectivity index (χ1n) is 8.58. The molecule has 0 aliphatic carbocycles. The summed E-state index contributed by atoms with van der Waals surface area (Å²) < 4.78 is 5.43. The molecule has 1 aromatic heterocycles.